The molecule has 0 N–H and O–H groups in total. The zero-order valence-corrected chi connectivity index (χ0v) is 26.4. The van der Waals surface area contributed by atoms with Crippen molar-refractivity contribution in [2.45, 2.75) is 0 Å². The minimum Gasteiger partial charge on any atom is -0.309 e. The molecular weight excluding hydrogens is 605 g/mol. The molecule has 10 aromatic rings. The van der Waals surface area contributed by atoms with Crippen LogP contribution >= 0.6 is 0 Å². The molecule has 2 heteroatoms. The van der Waals surface area contributed by atoms with Crippen LogP contribution in [0.4, 0.5) is 0 Å². The molecule has 0 fully saturated rings. The van der Waals surface area contributed by atoms with Crippen LogP contribution in [0, 0.1) is 0 Å². The number of hydrogen-bond acceptors (Lipinski definition) is 0. The van der Waals surface area contributed by atoms with Gasteiger partial charge in [-0.05, 0) is 58.6 Å². The van der Waals surface area contributed by atoms with E-state index in [0.29, 0.717) is 11.1 Å². The van der Waals surface area contributed by atoms with E-state index in [2.05, 4.69) is 41.0 Å². The third-order valence-electron chi connectivity index (χ3n) is 9.34. The molecule has 0 bridgehead atoms. The molecule has 234 valence electrons. The summed E-state index contributed by atoms with van der Waals surface area (Å²) >= 11 is 0. The lowest BCUT2D eigenvalue weighted by atomic mass is 9.91. The molecule has 0 saturated carbocycles. The Labute approximate surface area is 307 Å². The fourth-order valence-corrected chi connectivity index (χ4v) is 7.31. The predicted molar refractivity (Wildman–Crippen MR) is 211 cm³/mol. The summed E-state index contributed by atoms with van der Waals surface area (Å²) in [6.07, 6.45) is 0. The van der Waals surface area contributed by atoms with Crippen LogP contribution in [-0.2, 0) is 0 Å². The Balaban J connectivity index is 1.37. The maximum atomic E-state index is 9.56. The second-order valence-electron chi connectivity index (χ2n) is 12.0. The first-order valence-electron chi connectivity index (χ1n) is 22.2. The summed E-state index contributed by atoms with van der Waals surface area (Å²) in [5.74, 6) is 0. The fourth-order valence-electron chi connectivity index (χ4n) is 7.31. The topological polar surface area (TPSA) is 9.86 Å². The Morgan fingerprint density at radius 2 is 1.00 bits per heavy atom. The van der Waals surface area contributed by atoms with Crippen LogP contribution in [0.2, 0.25) is 0 Å². The highest BCUT2D eigenvalue weighted by Gasteiger charge is 2.21. The number of aromatic nitrogens is 2. The maximum absolute atomic E-state index is 9.56. The minimum absolute atomic E-state index is 0.0120. The van der Waals surface area contributed by atoms with E-state index < -0.39 is 72.2 Å². The molecule has 2 nitrogen and oxygen atoms in total. The molecule has 0 aliphatic rings. The highest BCUT2D eigenvalue weighted by atomic mass is 15.0. The van der Waals surface area contributed by atoms with Gasteiger partial charge in [0.15, 0.2) is 0 Å². The van der Waals surface area contributed by atoms with Crippen molar-refractivity contribution in [1.29, 1.82) is 0 Å². The molecule has 0 amide bonds. The van der Waals surface area contributed by atoms with Crippen molar-refractivity contribution in [3.63, 3.8) is 0 Å². The number of para-hydroxylation sites is 5. The maximum Gasteiger partial charge on any atom is 0.0645 e. The molecule has 0 spiro atoms. The SMILES string of the molecule is [2H]c1c([2H])c([2H])c(-n2c3c([2H])c([2H])c([2H])c([2H])c3c3c(-c4ccccc4-c4ccccc4-n4c5ccccc5c5cccc(-c6ccccc6)c54)c([2H])c([2H])c([2H])c32)c([2H])c1[2H]. The van der Waals surface area contributed by atoms with Gasteiger partial charge in [-0.3, -0.25) is 0 Å². The molecule has 10 rings (SSSR count). The van der Waals surface area contributed by atoms with Crippen LogP contribution in [0.3, 0.4) is 0 Å². The number of fused-ring (bicyclic) bond motifs is 6. The van der Waals surface area contributed by atoms with Crippen LogP contribution in [0.15, 0.2) is 194 Å². The third-order valence-corrected chi connectivity index (χ3v) is 9.34. The molecule has 0 radical (unpaired) electrons. The fraction of sp³-hybridized carbons (Fsp3) is 0. The van der Waals surface area contributed by atoms with Crippen molar-refractivity contribution in [2.75, 3.05) is 0 Å². The molecule has 0 unspecified atom stereocenters. The lowest BCUT2D eigenvalue weighted by molar-refractivity contribution is 1.18. The molecule has 0 aliphatic carbocycles. The summed E-state index contributed by atoms with van der Waals surface area (Å²) < 4.78 is 111. The summed E-state index contributed by atoms with van der Waals surface area (Å²) in [6, 6.07) is 32.4. The third kappa shape index (κ3) is 4.29. The Morgan fingerprint density at radius 1 is 0.360 bits per heavy atom. The Morgan fingerprint density at radius 3 is 1.86 bits per heavy atom. The van der Waals surface area contributed by atoms with Gasteiger partial charge in [-0.2, -0.15) is 0 Å². The number of rotatable bonds is 5. The van der Waals surface area contributed by atoms with Crippen molar-refractivity contribution in [1.82, 2.24) is 9.13 Å². The summed E-state index contributed by atoms with van der Waals surface area (Å²) in [5, 5.41) is 1.98. The zero-order valence-electron chi connectivity index (χ0n) is 38.4. The number of benzene rings is 8. The van der Waals surface area contributed by atoms with Gasteiger partial charge in [-0.1, -0.05) is 158 Å². The van der Waals surface area contributed by atoms with E-state index in [1.165, 1.54) is 0 Å². The van der Waals surface area contributed by atoms with Crippen molar-refractivity contribution in [3.05, 3.63) is 194 Å². The Hall–Kier alpha value is -6.64. The van der Waals surface area contributed by atoms with Crippen LogP contribution < -0.4 is 0 Å². The van der Waals surface area contributed by atoms with E-state index in [1.54, 1.807) is 12.1 Å². The Kier molecular flexibility index (Phi) is 4.32. The second kappa shape index (κ2) is 11.5. The van der Waals surface area contributed by atoms with Gasteiger partial charge in [0.25, 0.3) is 0 Å². The van der Waals surface area contributed by atoms with E-state index in [4.69, 9.17) is 11.0 Å². The van der Waals surface area contributed by atoms with Gasteiger partial charge in [-0.15, -0.1) is 0 Å². The molecule has 2 heterocycles. The van der Waals surface area contributed by atoms with E-state index in [0.717, 1.165) is 48.8 Å². The van der Waals surface area contributed by atoms with Gasteiger partial charge in [0.1, 0.15) is 0 Å². The van der Waals surface area contributed by atoms with E-state index in [9.17, 15) is 5.48 Å². The smallest absolute Gasteiger partial charge is 0.0645 e. The lowest BCUT2D eigenvalue weighted by Crippen LogP contribution is -1.99. The molecule has 0 atom stereocenters. The zero-order chi connectivity index (χ0) is 43.5. The summed E-state index contributed by atoms with van der Waals surface area (Å²) in [6.45, 7) is 0. The molecule has 8 aromatic carbocycles. The molecular formula is C48H32N2. The van der Waals surface area contributed by atoms with Crippen LogP contribution in [-0.4, -0.2) is 9.13 Å². The monoisotopic (exact) mass is 648 g/mol. The number of nitrogens with zero attached hydrogens (tertiary/aromatic N) is 2. The highest BCUT2D eigenvalue weighted by molar-refractivity contribution is 6.17. The normalized spacial score (nSPS) is 15.0. The first-order valence-corrected chi connectivity index (χ1v) is 16.2. The van der Waals surface area contributed by atoms with Gasteiger partial charge in [0, 0.05) is 38.4 Å². The van der Waals surface area contributed by atoms with E-state index in [1.807, 2.05) is 72.8 Å². The molecule has 2 aromatic heterocycles. The van der Waals surface area contributed by atoms with Gasteiger partial charge >= 0.3 is 0 Å². The highest BCUT2D eigenvalue weighted by Crippen LogP contribution is 2.45. The molecule has 50 heavy (non-hydrogen) atoms. The minimum atomic E-state index is -0.686. The van der Waals surface area contributed by atoms with Crippen LogP contribution in [0.5, 0.6) is 0 Å². The average molecular weight is 649 g/mol. The van der Waals surface area contributed by atoms with Gasteiger partial charge in [-0.25, -0.2) is 0 Å². The van der Waals surface area contributed by atoms with Crippen molar-refractivity contribution in [2.24, 2.45) is 0 Å². The number of hydrogen-bond donors (Lipinski definition) is 0. The van der Waals surface area contributed by atoms with E-state index >= 15 is 0 Å². The quantitative estimate of drug-likeness (QED) is 0.176. The summed E-state index contributed by atoms with van der Waals surface area (Å²) in [4.78, 5) is 0. The van der Waals surface area contributed by atoms with Crippen molar-refractivity contribution < 1.29 is 16.4 Å². The summed E-state index contributed by atoms with van der Waals surface area (Å²) in [7, 11) is 0. The Bertz CT molecular complexity index is 3530. The standard InChI is InChI=1S/C48H32N2/c1-3-17-33(18-4-1)35-26-15-28-41-39-24-10-13-30-44(39)50(48(35)41)43-29-12-9-23-38(43)36-21-7-8-22-37(36)40-27-16-32-46-47(40)42-25-11-14-31-45(42)49(46)34-19-5-2-6-20-34/h1-32H/i2D,5D,6D,11D,14D,16D,19D,20D,25D,27D,31D,32D. The van der Waals surface area contributed by atoms with Gasteiger partial charge in [0.2, 0.25) is 0 Å². The van der Waals surface area contributed by atoms with Gasteiger partial charge < -0.3 is 9.13 Å². The largest absolute Gasteiger partial charge is 0.309 e. The van der Waals surface area contributed by atoms with Crippen LogP contribution in [0.1, 0.15) is 16.4 Å². The van der Waals surface area contributed by atoms with E-state index in [-0.39, 0.29) is 33.4 Å². The van der Waals surface area contributed by atoms with Crippen LogP contribution in [0.25, 0.3) is 88.4 Å². The molecule has 0 aliphatic heterocycles. The predicted octanol–water partition coefficient (Wildman–Crippen LogP) is 12.9. The van der Waals surface area contributed by atoms with Crippen molar-refractivity contribution in [3.8, 4) is 44.8 Å². The molecule has 0 saturated heterocycles. The average Bonchev–Trinajstić information content (AvgIpc) is 3.82. The first kappa shape index (κ1) is 18.8. The first-order chi connectivity index (χ1) is 29.8. The lowest BCUT2D eigenvalue weighted by Gasteiger charge is -2.18. The summed E-state index contributed by atoms with van der Waals surface area (Å²) in [5.41, 5.74) is 5.71. The second-order valence-corrected chi connectivity index (χ2v) is 12.0. The van der Waals surface area contributed by atoms with Gasteiger partial charge in [0.05, 0.1) is 44.2 Å². The van der Waals surface area contributed by atoms with Crippen molar-refractivity contribution >= 4 is 43.6 Å².